The van der Waals surface area contributed by atoms with Gasteiger partial charge >= 0.3 is 6.09 Å². The summed E-state index contributed by atoms with van der Waals surface area (Å²) in [5.74, 6) is 0.0973. The summed E-state index contributed by atoms with van der Waals surface area (Å²) in [7, 11) is 0. The molecule has 0 radical (unpaired) electrons. The first-order valence-electron chi connectivity index (χ1n) is 8.81. The molecular formula is C18H32N2O3. The number of ether oxygens (including phenoxy) is 1. The van der Waals surface area contributed by atoms with E-state index in [2.05, 4.69) is 20.8 Å². The number of carbonyl (C=O) groups excluding carboxylic acids is 2. The van der Waals surface area contributed by atoms with Crippen molar-refractivity contribution in [3.8, 4) is 0 Å². The van der Waals surface area contributed by atoms with Gasteiger partial charge in [0.15, 0.2) is 0 Å². The first-order chi connectivity index (χ1) is 10.5. The summed E-state index contributed by atoms with van der Waals surface area (Å²) in [5.41, 5.74) is -0.625. The van der Waals surface area contributed by atoms with Crippen LogP contribution in [0.3, 0.4) is 0 Å². The first kappa shape index (κ1) is 18.1. The van der Waals surface area contributed by atoms with E-state index in [1.54, 1.807) is 4.90 Å². The monoisotopic (exact) mass is 324 g/mol. The molecule has 2 fully saturated rings. The molecule has 0 aliphatic carbocycles. The molecule has 0 aromatic carbocycles. The molecule has 2 heterocycles. The predicted octanol–water partition coefficient (Wildman–Crippen LogP) is 3.42. The minimum absolute atomic E-state index is 0.0360. The Balaban J connectivity index is 2.22. The minimum Gasteiger partial charge on any atom is -0.444 e. The van der Waals surface area contributed by atoms with Crippen LogP contribution in [-0.4, -0.2) is 52.6 Å². The molecular weight excluding hydrogens is 292 g/mol. The van der Waals surface area contributed by atoms with Gasteiger partial charge in [0.05, 0.1) is 0 Å². The molecule has 2 amide bonds. The maximum absolute atomic E-state index is 12.9. The van der Waals surface area contributed by atoms with Crippen LogP contribution in [0.25, 0.3) is 0 Å². The average Bonchev–Trinajstić information content (AvgIpc) is 3.04. The Morgan fingerprint density at radius 2 is 1.52 bits per heavy atom. The normalized spacial score (nSPS) is 25.8. The second-order valence-electron chi connectivity index (χ2n) is 8.89. The summed E-state index contributed by atoms with van der Waals surface area (Å²) in [4.78, 5) is 29.3. The third-order valence-electron chi connectivity index (χ3n) is 4.69. The van der Waals surface area contributed by atoms with E-state index in [0.29, 0.717) is 0 Å². The van der Waals surface area contributed by atoms with Crippen molar-refractivity contribution < 1.29 is 14.3 Å². The fourth-order valence-corrected chi connectivity index (χ4v) is 3.62. The van der Waals surface area contributed by atoms with E-state index < -0.39 is 5.60 Å². The summed E-state index contributed by atoms with van der Waals surface area (Å²) in [6, 6.07) is -0.332. The molecule has 0 aromatic heterocycles. The van der Waals surface area contributed by atoms with Crippen molar-refractivity contribution in [3.05, 3.63) is 0 Å². The lowest BCUT2D eigenvalue weighted by atomic mass is 9.85. The number of hydrogen-bond acceptors (Lipinski definition) is 3. The van der Waals surface area contributed by atoms with Crippen LogP contribution >= 0.6 is 0 Å². The largest absolute Gasteiger partial charge is 0.444 e. The van der Waals surface area contributed by atoms with Crippen LogP contribution in [0, 0.1) is 5.41 Å². The summed E-state index contributed by atoms with van der Waals surface area (Å²) < 4.78 is 5.61. The van der Waals surface area contributed by atoms with Gasteiger partial charge in [-0.05, 0) is 51.9 Å². The van der Waals surface area contributed by atoms with Crippen LogP contribution in [0.2, 0.25) is 0 Å². The zero-order valence-electron chi connectivity index (χ0n) is 15.5. The SMILES string of the molecule is CC(C)(C)OC(=O)N1[C@H](C(=O)N2CCCC2)CC[C@@H]1C(C)(C)C. The van der Waals surface area contributed by atoms with Crippen molar-refractivity contribution in [1.29, 1.82) is 0 Å². The van der Waals surface area contributed by atoms with E-state index in [9.17, 15) is 9.59 Å². The first-order valence-corrected chi connectivity index (χ1v) is 8.81. The van der Waals surface area contributed by atoms with Crippen molar-refractivity contribution in [1.82, 2.24) is 9.80 Å². The van der Waals surface area contributed by atoms with Gasteiger partial charge in [0.1, 0.15) is 11.6 Å². The Kier molecular flexibility index (Phi) is 4.97. The van der Waals surface area contributed by atoms with Gasteiger partial charge in [0, 0.05) is 19.1 Å². The molecule has 2 aliphatic rings. The van der Waals surface area contributed by atoms with Gasteiger partial charge in [-0.3, -0.25) is 9.69 Å². The molecule has 23 heavy (non-hydrogen) atoms. The highest BCUT2D eigenvalue weighted by molar-refractivity contribution is 5.86. The second-order valence-corrected chi connectivity index (χ2v) is 8.89. The Labute approximate surface area is 140 Å². The number of hydrogen-bond donors (Lipinski definition) is 0. The lowest BCUT2D eigenvalue weighted by molar-refractivity contribution is -0.135. The van der Waals surface area contributed by atoms with Gasteiger partial charge in [-0.1, -0.05) is 20.8 Å². The maximum atomic E-state index is 12.9. The van der Waals surface area contributed by atoms with E-state index in [1.165, 1.54) is 0 Å². The highest BCUT2D eigenvalue weighted by atomic mass is 16.6. The van der Waals surface area contributed by atoms with Crippen LogP contribution in [0.15, 0.2) is 0 Å². The van der Waals surface area contributed by atoms with Crippen molar-refractivity contribution in [2.75, 3.05) is 13.1 Å². The molecule has 2 aliphatic heterocycles. The number of likely N-dealkylation sites (tertiary alicyclic amines) is 2. The number of amides is 2. The highest BCUT2D eigenvalue weighted by Crippen LogP contribution is 2.38. The molecule has 2 rings (SSSR count). The van der Waals surface area contributed by atoms with E-state index in [-0.39, 0.29) is 29.5 Å². The maximum Gasteiger partial charge on any atom is 0.411 e. The molecule has 0 unspecified atom stereocenters. The minimum atomic E-state index is -0.552. The Bertz CT molecular complexity index is 456. The smallest absolute Gasteiger partial charge is 0.411 e. The molecule has 2 saturated heterocycles. The van der Waals surface area contributed by atoms with Crippen LogP contribution in [0.1, 0.15) is 67.2 Å². The van der Waals surface area contributed by atoms with Crippen molar-refractivity contribution in [2.24, 2.45) is 5.41 Å². The Morgan fingerprint density at radius 1 is 0.957 bits per heavy atom. The van der Waals surface area contributed by atoms with Crippen LogP contribution in [-0.2, 0) is 9.53 Å². The quantitative estimate of drug-likeness (QED) is 0.742. The molecule has 0 aromatic rings. The molecule has 0 saturated carbocycles. The number of nitrogens with zero attached hydrogens (tertiary/aromatic N) is 2. The van der Waals surface area contributed by atoms with Gasteiger partial charge in [-0.25, -0.2) is 4.79 Å². The molecule has 0 bridgehead atoms. The van der Waals surface area contributed by atoms with Crippen LogP contribution < -0.4 is 0 Å². The van der Waals surface area contributed by atoms with Gasteiger partial charge in [0.2, 0.25) is 5.91 Å². The van der Waals surface area contributed by atoms with Gasteiger partial charge in [-0.2, -0.15) is 0 Å². The molecule has 5 nitrogen and oxygen atoms in total. The molecule has 0 N–H and O–H groups in total. The molecule has 0 spiro atoms. The fraction of sp³-hybridized carbons (Fsp3) is 0.889. The summed E-state index contributed by atoms with van der Waals surface area (Å²) in [5, 5.41) is 0. The van der Waals surface area contributed by atoms with E-state index in [4.69, 9.17) is 4.74 Å². The van der Waals surface area contributed by atoms with E-state index >= 15 is 0 Å². The van der Waals surface area contributed by atoms with Crippen molar-refractivity contribution >= 4 is 12.0 Å². The van der Waals surface area contributed by atoms with E-state index in [1.807, 2.05) is 25.7 Å². The number of carbonyl (C=O) groups is 2. The third kappa shape index (κ3) is 4.18. The molecule has 132 valence electrons. The highest BCUT2D eigenvalue weighted by Gasteiger charge is 2.48. The van der Waals surface area contributed by atoms with Crippen molar-refractivity contribution in [2.45, 2.75) is 84.9 Å². The summed E-state index contributed by atoms with van der Waals surface area (Å²) in [6.45, 7) is 13.6. The predicted molar refractivity (Wildman–Crippen MR) is 90.2 cm³/mol. The number of rotatable bonds is 1. The Hall–Kier alpha value is -1.26. The van der Waals surface area contributed by atoms with Gasteiger partial charge in [0.25, 0.3) is 0 Å². The molecule has 5 heteroatoms. The van der Waals surface area contributed by atoms with Gasteiger partial charge in [-0.15, -0.1) is 0 Å². The zero-order chi connectivity index (χ0) is 17.4. The standard InChI is InChI=1S/C18H32N2O3/c1-17(2,3)14-10-9-13(15(21)19-11-7-8-12-19)20(14)16(22)23-18(4,5)6/h13-14H,7-12H2,1-6H3/t13-,14+/m0/s1. The Morgan fingerprint density at radius 3 is 2.00 bits per heavy atom. The molecule has 2 atom stereocenters. The zero-order valence-corrected chi connectivity index (χ0v) is 15.5. The van der Waals surface area contributed by atoms with Gasteiger partial charge < -0.3 is 9.64 Å². The summed E-state index contributed by atoms with van der Waals surface area (Å²) in [6.07, 6.45) is 3.36. The second kappa shape index (κ2) is 6.33. The third-order valence-corrected chi connectivity index (χ3v) is 4.69. The van der Waals surface area contributed by atoms with Crippen molar-refractivity contribution in [3.63, 3.8) is 0 Å². The lowest BCUT2D eigenvalue weighted by Gasteiger charge is -2.38. The van der Waals surface area contributed by atoms with Crippen LogP contribution in [0.4, 0.5) is 4.79 Å². The topological polar surface area (TPSA) is 49.9 Å². The average molecular weight is 324 g/mol. The lowest BCUT2D eigenvalue weighted by Crippen LogP contribution is -2.53. The van der Waals surface area contributed by atoms with E-state index in [0.717, 1.165) is 38.8 Å². The summed E-state index contributed by atoms with van der Waals surface area (Å²) >= 11 is 0. The van der Waals surface area contributed by atoms with Crippen LogP contribution in [0.5, 0.6) is 0 Å². The fourth-order valence-electron chi connectivity index (χ4n) is 3.62.